The van der Waals surface area contributed by atoms with Crippen molar-refractivity contribution in [3.63, 3.8) is 0 Å². The Morgan fingerprint density at radius 2 is 2.00 bits per heavy atom. The predicted octanol–water partition coefficient (Wildman–Crippen LogP) is 1.48. The number of hydrogen-bond acceptors (Lipinski definition) is 3. The van der Waals surface area contributed by atoms with Crippen LogP contribution in [-0.4, -0.2) is 39.4 Å². The summed E-state index contributed by atoms with van der Waals surface area (Å²) < 4.78 is 26.4. The highest BCUT2D eigenvalue weighted by molar-refractivity contribution is 7.89. The molecule has 1 aromatic rings. The van der Waals surface area contributed by atoms with Crippen molar-refractivity contribution < 1.29 is 8.42 Å². The second kappa shape index (κ2) is 6.03. The first-order valence-electron chi connectivity index (χ1n) is 6.77. The summed E-state index contributed by atoms with van der Waals surface area (Å²) in [6.45, 7) is 4.28. The SMILES string of the molecule is CNCCc1ccc(S(=O)(=O)N2CCC(C)C2)cc1. The molecular formula is C14H22N2O2S. The van der Waals surface area contributed by atoms with Gasteiger partial charge in [-0.1, -0.05) is 19.1 Å². The Kier molecular flexibility index (Phi) is 4.60. The average Bonchev–Trinajstić information content (AvgIpc) is 2.84. The maximum Gasteiger partial charge on any atom is 0.243 e. The molecule has 0 bridgehead atoms. The molecule has 0 radical (unpaired) electrons. The third-order valence-corrected chi connectivity index (χ3v) is 5.49. The largest absolute Gasteiger partial charge is 0.319 e. The Labute approximate surface area is 115 Å². The van der Waals surface area contributed by atoms with Crippen LogP contribution in [-0.2, 0) is 16.4 Å². The van der Waals surface area contributed by atoms with Gasteiger partial charge in [-0.2, -0.15) is 4.31 Å². The van der Waals surface area contributed by atoms with Crippen molar-refractivity contribution in [2.24, 2.45) is 5.92 Å². The highest BCUT2D eigenvalue weighted by Crippen LogP contribution is 2.24. The number of rotatable bonds is 5. The zero-order valence-corrected chi connectivity index (χ0v) is 12.4. The zero-order chi connectivity index (χ0) is 13.9. The van der Waals surface area contributed by atoms with Gasteiger partial charge in [0, 0.05) is 13.1 Å². The molecule has 106 valence electrons. The first-order valence-corrected chi connectivity index (χ1v) is 8.21. The fourth-order valence-corrected chi connectivity index (χ4v) is 3.93. The van der Waals surface area contributed by atoms with Crippen LogP contribution in [0.1, 0.15) is 18.9 Å². The lowest BCUT2D eigenvalue weighted by Gasteiger charge is -2.16. The van der Waals surface area contributed by atoms with Gasteiger partial charge in [0.05, 0.1) is 4.90 Å². The lowest BCUT2D eigenvalue weighted by molar-refractivity contribution is 0.464. The minimum atomic E-state index is -3.29. The van der Waals surface area contributed by atoms with E-state index in [0.29, 0.717) is 23.9 Å². The van der Waals surface area contributed by atoms with Crippen LogP contribution in [0.4, 0.5) is 0 Å². The second-order valence-electron chi connectivity index (χ2n) is 5.25. The molecule has 1 N–H and O–H groups in total. The molecule has 1 aliphatic rings. The first-order chi connectivity index (χ1) is 9.04. The zero-order valence-electron chi connectivity index (χ0n) is 11.6. The summed E-state index contributed by atoms with van der Waals surface area (Å²) in [6, 6.07) is 7.26. The van der Waals surface area contributed by atoms with Crippen LogP contribution in [0.3, 0.4) is 0 Å². The number of nitrogens with one attached hydrogen (secondary N) is 1. The van der Waals surface area contributed by atoms with Gasteiger partial charge in [-0.25, -0.2) is 8.42 Å². The molecule has 1 fully saturated rings. The maximum absolute atomic E-state index is 12.4. The van der Waals surface area contributed by atoms with E-state index in [2.05, 4.69) is 12.2 Å². The van der Waals surface area contributed by atoms with Crippen LogP contribution >= 0.6 is 0 Å². The van der Waals surface area contributed by atoms with E-state index in [1.54, 1.807) is 16.4 Å². The Morgan fingerprint density at radius 3 is 2.53 bits per heavy atom. The first kappa shape index (κ1) is 14.5. The number of nitrogens with zero attached hydrogens (tertiary/aromatic N) is 1. The number of sulfonamides is 1. The summed E-state index contributed by atoms with van der Waals surface area (Å²) in [6.07, 6.45) is 1.87. The van der Waals surface area contributed by atoms with E-state index in [1.807, 2.05) is 19.2 Å². The van der Waals surface area contributed by atoms with E-state index >= 15 is 0 Å². The standard InChI is InChI=1S/C14H22N2O2S/c1-12-8-10-16(11-12)19(17,18)14-5-3-13(4-6-14)7-9-15-2/h3-6,12,15H,7-11H2,1-2H3. The minimum Gasteiger partial charge on any atom is -0.319 e. The topological polar surface area (TPSA) is 49.4 Å². The van der Waals surface area contributed by atoms with E-state index in [0.717, 1.165) is 24.9 Å². The Bertz CT molecular complexity index is 511. The van der Waals surface area contributed by atoms with Gasteiger partial charge in [0.25, 0.3) is 0 Å². The van der Waals surface area contributed by atoms with E-state index in [4.69, 9.17) is 0 Å². The van der Waals surface area contributed by atoms with Crippen molar-refractivity contribution in [3.05, 3.63) is 29.8 Å². The van der Waals surface area contributed by atoms with Gasteiger partial charge in [-0.3, -0.25) is 0 Å². The monoisotopic (exact) mass is 282 g/mol. The van der Waals surface area contributed by atoms with Crippen molar-refractivity contribution >= 4 is 10.0 Å². The number of benzene rings is 1. The molecule has 1 aliphatic heterocycles. The van der Waals surface area contributed by atoms with Gasteiger partial charge >= 0.3 is 0 Å². The lowest BCUT2D eigenvalue weighted by atomic mass is 10.1. The number of hydrogen-bond donors (Lipinski definition) is 1. The molecule has 1 aromatic carbocycles. The normalized spacial score (nSPS) is 20.8. The lowest BCUT2D eigenvalue weighted by Crippen LogP contribution is -2.28. The van der Waals surface area contributed by atoms with Gasteiger partial charge in [0.1, 0.15) is 0 Å². The van der Waals surface area contributed by atoms with Crippen molar-refractivity contribution in [3.8, 4) is 0 Å². The highest BCUT2D eigenvalue weighted by Gasteiger charge is 2.30. The van der Waals surface area contributed by atoms with E-state index < -0.39 is 10.0 Å². The van der Waals surface area contributed by atoms with Crippen LogP contribution in [0.15, 0.2) is 29.2 Å². The van der Waals surface area contributed by atoms with Crippen molar-refractivity contribution in [2.45, 2.75) is 24.7 Å². The minimum absolute atomic E-state index is 0.412. The molecule has 4 nitrogen and oxygen atoms in total. The molecule has 0 aromatic heterocycles. The fourth-order valence-electron chi connectivity index (χ4n) is 2.36. The molecule has 1 unspecified atom stereocenters. The van der Waals surface area contributed by atoms with Gasteiger partial charge in [0.15, 0.2) is 0 Å². The van der Waals surface area contributed by atoms with Gasteiger partial charge in [-0.05, 0) is 50.0 Å². The van der Waals surface area contributed by atoms with E-state index in [-0.39, 0.29) is 0 Å². The summed E-state index contributed by atoms with van der Waals surface area (Å²) in [5.41, 5.74) is 1.16. The highest BCUT2D eigenvalue weighted by atomic mass is 32.2. The Morgan fingerprint density at radius 1 is 1.32 bits per heavy atom. The molecule has 1 saturated heterocycles. The van der Waals surface area contributed by atoms with Crippen molar-refractivity contribution in [1.82, 2.24) is 9.62 Å². The summed E-state index contributed by atoms with van der Waals surface area (Å²) in [7, 11) is -1.38. The number of likely N-dealkylation sites (N-methyl/N-ethyl adjacent to an activating group) is 1. The quantitative estimate of drug-likeness (QED) is 0.890. The van der Waals surface area contributed by atoms with Crippen LogP contribution in [0.5, 0.6) is 0 Å². The fraction of sp³-hybridized carbons (Fsp3) is 0.571. The third-order valence-electron chi connectivity index (χ3n) is 3.61. The van der Waals surface area contributed by atoms with Gasteiger partial charge in [0.2, 0.25) is 10.0 Å². The van der Waals surface area contributed by atoms with Crippen LogP contribution < -0.4 is 5.32 Å². The Balaban J connectivity index is 2.12. The van der Waals surface area contributed by atoms with E-state index in [1.165, 1.54) is 0 Å². The average molecular weight is 282 g/mol. The molecule has 2 rings (SSSR count). The summed E-state index contributed by atoms with van der Waals surface area (Å²) in [5, 5.41) is 3.08. The summed E-state index contributed by atoms with van der Waals surface area (Å²) in [5.74, 6) is 0.463. The molecule has 1 atom stereocenters. The van der Waals surface area contributed by atoms with E-state index in [9.17, 15) is 8.42 Å². The van der Waals surface area contributed by atoms with Gasteiger partial charge in [-0.15, -0.1) is 0 Å². The Hall–Kier alpha value is -0.910. The molecule has 0 saturated carbocycles. The molecule has 0 amide bonds. The second-order valence-corrected chi connectivity index (χ2v) is 7.19. The molecule has 5 heteroatoms. The molecule has 1 heterocycles. The van der Waals surface area contributed by atoms with Crippen molar-refractivity contribution in [1.29, 1.82) is 0 Å². The van der Waals surface area contributed by atoms with Crippen molar-refractivity contribution in [2.75, 3.05) is 26.7 Å². The molecule has 0 spiro atoms. The van der Waals surface area contributed by atoms with Gasteiger partial charge < -0.3 is 5.32 Å². The van der Waals surface area contributed by atoms with Crippen LogP contribution in [0.25, 0.3) is 0 Å². The van der Waals surface area contributed by atoms with Crippen LogP contribution in [0, 0.1) is 5.92 Å². The summed E-state index contributed by atoms with van der Waals surface area (Å²) >= 11 is 0. The smallest absolute Gasteiger partial charge is 0.243 e. The van der Waals surface area contributed by atoms with Crippen LogP contribution in [0.2, 0.25) is 0 Å². The molecule has 19 heavy (non-hydrogen) atoms. The maximum atomic E-state index is 12.4. The summed E-state index contributed by atoms with van der Waals surface area (Å²) in [4.78, 5) is 0.412. The predicted molar refractivity (Wildman–Crippen MR) is 76.6 cm³/mol. The molecule has 0 aliphatic carbocycles. The molecular weight excluding hydrogens is 260 g/mol. The third kappa shape index (κ3) is 3.35.